The molecule has 0 aromatic heterocycles. The van der Waals surface area contributed by atoms with Gasteiger partial charge in [-0.2, -0.15) is 0 Å². The number of rotatable bonds is 5. The summed E-state index contributed by atoms with van der Waals surface area (Å²) < 4.78 is 10.00. The van der Waals surface area contributed by atoms with Crippen LogP contribution in [0, 0.1) is 0 Å². The van der Waals surface area contributed by atoms with Gasteiger partial charge in [0.15, 0.2) is 0 Å². The second-order valence-corrected chi connectivity index (χ2v) is 4.36. The molecule has 0 saturated heterocycles. The maximum absolute atomic E-state index is 12.0. The number of carbonyl (C=O) groups is 2. The van der Waals surface area contributed by atoms with Crippen molar-refractivity contribution in [3.05, 3.63) is 17.7 Å². The lowest BCUT2D eigenvalue weighted by atomic mass is 10.1. The van der Waals surface area contributed by atoms with Crippen molar-refractivity contribution in [3.63, 3.8) is 0 Å². The highest BCUT2D eigenvalue weighted by Gasteiger charge is 2.21. The minimum absolute atomic E-state index is 0.187. The molecule has 6 heteroatoms. The minimum atomic E-state index is -0.511. The summed E-state index contributed by atoms with van der Waals surface area (Å²) in [7, 11) is 6.43. The third-order valence-electron chi connectivity index (χ3n) is 2.79. The number of carbonyl (C=O) groups excluding carboxylic acids is 2. The van der Waals surface area contributed by atoms with Crippen LogP contribution in [0.1, 0.15) is 23.7 Å². The van der Waals surface area contributed by atoms with Gasteiger partial charge in [0.25, 0.3) is 0 Å². The summed E-state index contributed by atoms with van der Waals surface area (Å²) >= 11 is 0. The molecule has 0 aliphatic rings. The Morgan fingerprint density at radius 3 is 2.35 bits per heavy atom. The summed E-state index contributed by atoms with van der Waals surface area (Å²) in [4.78, 5) is 25.4. The van der Waals surface area contributed by atoms with E-state index in [1.54, 1.807) is 38.1 Å². The number of ether oxygens (including phenoxy) is 2. The lowest BCUT2D eigenvalue weighted by Crippen LogP contribution is -2.19. The van der Waals surface area contributed by atoms with Gasteiger partial charge in [-0.3, -0.25) is 4.79 Å². The van der Waals surface area contributed by atoms with Crippen LogP contribution in [0.4, 0.5) is 11.4 Å². The van der Waals surface area contributed by atoms with Crippen LogP contribution in [0.2, 0.25) is 0 Å². The minimum Gasteiger partial charge on any atom is -0.497 e. The van der Waals surface area contributed by atoms with Crippen LogP contribution in [-0.2, 0) is 9.53 Å². The van der Waals surface area contributed by atoms with Crippen molar-refractivity contribution in [1.82, 2.24) is 0 Å². The molecule has 110 valence electrons. The molecule has 1 N–H and O–H groups in total. The lowest BCUT2D eigenvalue weighted by molar-refractivity contribution is -0.115. The highest BCUT2D eigenvalue weighted by Crippen LogP contribution is 2.33. The van der Waals surface area contributed by atoms with Crippen LogP contribution in [-0.4, -0.2) is 40.2 Å². The number of esters is 1. The number of methoxy groups -OCH3 is 2. The third-order valence-corrected chi connectivity index (χ3v) is 2.79. The predicted molar refractivity (Wildman–Crippen MR) is 77.6 cm³/mol. The van der Waals surface area contributed by atoms with Crippen LogP contribution >= 0.6 is 0 Å². The van der Waals surface area contributed by atoms with Gasteiger partial charge in [-0.15, -0.1) is 0 Å². The summed E-state index contributed by atoms with van der Waals surface area (Å²) in [5, 5.41) is 2.70. The quantitative estimate of drug-likeness (QED) is 0.834. The van der Waals surface area contributed by atoms with Gasteiger partial charge >= 0.3 is 5.97 Å². The van der Waals surface area contributed by atoms with Gasteiger partial charge in [-0.25, -0.2) is 4.79 Å². The molecular formula is C14H20N2O4. The van der Waals surface area contributed by atoms with Crippen LogP contribution in [0.3, 0.4) is 0 Å². The Morgan fingerprint density at radius 1 is 1.25 bits per heavy atom. The molecule has 0 aliphatic carbocycles. The number of amides is 1. The fourth-order valence-electron chi connectivity index (χ4n) is 1.73. The first-order valence-corrected chi connectivity index (χ1v) is 6.22. The second-order valence-electron chi connectivity index (χ2n) is 4.36. The highest BCUT2D eigenvalue weighted by atomic mass is 16.5. The van der Waals surface area contributed by atoms with Gasteiger partial charge in [-0.1, -0.05) is 6.92 Å². The molecule has 0 radical (unpaired) electrons. The van der Waals surface area contributed by atoms with Crippen molar-refractivity contribution >= 4 is 23.3 Å². The van der Waals surface area contributed by atoms with Crippen molar-refractivity contribution in [3.8, 4) is 5.75 Å². The Morgan fingerprint density at radius 2 is 1.90 bits per heavy atom. The van der Waals surface area contributed by atoms with E-state index in [-0.39, 0.29) is 5.91 Å². The van der Waals surface area contributed by atoms with E-state index in [0.29, 0.717) is 29.1 Å². The van der Waals surface area contributed by atoms with E-state index in [1.807, 2.05) is 0 Å². The van der Waals surface area contributed by atoms with Crippen LogP contribution < -0.4 is 15.0 Å². The molecular weight excluding hydrogens is 260 g/mol. The molecule has 1 aromatic rings. The summed E-state index contributed by atoms with van der Waals surface area (Å²) in [6.07, 6.45) is 0.315. The van der Waals surface area contributed by atoms with Crippen LogP contribution in [0.5, 0.6) is 5.75 Å². The van der Waals surface area contributed by atoms with Gasteiger partial charge in [-0.05, 0) is 0 Å². The number of hydrogen-bond acceptors (Lipinski definition) is 5. The van der Waals surface area contributed by atoms with E-state index in [9.17, 15) is 9.59 Å². The van der Waals surface area contributed by atoms with E-state index in [2.05, 4.69) is 5.32 Å². The maximum Gasteiger partial charge on any atom is 0.342 e. The topological polar surface area (TPSA) is 67.9 Å². The molecule has 0 aliphatic heterocycles. The number of anilines is 2. The van der Waals surface area contributed by atoms with Crippen molar-refractivity contribution in [2.45, 2.75) is 13.3 Å². The molecule has 1 aromatic carbocycles. The Hall–Kier alpha value is -2.24. The van der Waals surface area contributed by atoms with Crippen molar-refractivity contribution in [2.24, 2.45) is 0 Å². The van der Waals surface area contributed by atoms with E-state index in [0.717, 1.165) is 0 Å². The largest absolute Gasteiger partial charge is 0.497 e. The molecule has 0 spiro atoms. The van der Waals surface area contributed by atoms with Gasteiger partial charge < -0.3 is 19.7 Å². The number of hydrogen-bond donors (Lipinski definition) is 1. The molecule has 20 heavy (non-hydrogen) atoms. The Bertz CT molecular complexity index is 512. The summed E-state index contributed by atoms with van der Waals surface area (Å²) in [6.45, 7) is 1.74. The van der Waals surface area contributed by atoms with E-state index in [4.69, 9.17) is 9.47 Å². The number of nitrogens with one attached hydrogen (secondary N) is 1. The van der Waals surface area contributed by atoms with E-state index < -0.39 is 5.97 Å². The fourth-order valence-corrected chi connectivity index (χ4v) is 1.73. The molecule has 0 fully saturated rings. The zero-order chi connectivity index (χ0) is 15.3. The summed E-state index contributed by atoms with van der Waals surface area (Å²) in [5.41, 5.74) is 1.30. The number of benzene rings is 1. The molecule has 0 saturated carbocycles. The molecule has 6 nitrogen and oxygen atoms in total. The van der Waals surface area contributed by atoms with Gasteiger partial charge in [0, 0.05) is 32.6 Å². The van der Waals surface area contributed by atoms with E-state index in [1.165, 1.54) is 14.2 Å². The lowest BCUT2D eigenvalue weighted by Gasteiger charge is -2.20. The van der Waals surface area contributed by atoms with Crippen LogP contribution in [0.25, 0.3) is 0 Å². The Labute approximate surface area is 118 Å². The summed E-state index contributed by atoms with van der Waals surface area (Å²) in [6, 6.07) is 3.32. The average molecular weight is 280 g/mol. The zero-order valence-electron chi connectivity index (χ0n) is 12.4. The first kappa shape index (κ1) is 15.8. The molecule has 1 rings (SSSR count). The highest BCUT2D eigenvalue weighted by molar-refractivity contribution is 6.06. The molecule has 1 amide bonds. The smallest absolute Gasteiger partial charge is 0.342 e. The fraction of sp³-hybridized carbons (Fsp3) is 0.429. The van der Waals surface area contributed by atoms with Crippen molar-refractivity contribution in [2.75, 3.05) is 38.5 Å². The molecule has 0 unspecified atom stereocenters. The van der Waals surface area contributed by atoms with Gasteiger partial charge in [0.2, 0.25) is 5.91 Å². The van der Waals surface area contributed by atoms with Crippen molar-refractivity contribution in [1.29, 1.82) is 0 Å². The monoisotopic (exact) mass is 280 g/mol. The average Bonchev–Trinajstić information content (AvgIpc) is 2.45. The van der Waals surface area contributed by atoms with Crippen LogP contribution in [0.15, 0.2) is 12.1 Å². The third kappa shape index (κ3) is 3.40. The number of nitrogens with zero attached hydrogens (tertiary/aromatic N) is 1. The Kier molecular flexibility index (Phi) is 5.37. The zero-order valence-corrected chi connectivity index (χ0v) is 12.4. The Balaban J connectivity index is 3.46. The normalized spacial score (nSPS) is 9.85. The first-order valence-electron chi connectivity index (χ1n) is 6.22. The maximum atomic E-state index is 12.0. The SMILES string of the molecule is CCC(=O)Nc1cc(OC)cc(N(C)C)c1C(=O)OC. The van der Waals surface area contributed by atoms with Gasteiger partial charge in [0.05, 0.1) is 25.6 Å². The second kappa shape index (κ2) is 6.79. The predicted octanol–water partition coefficient (Wildman–Crippen LogP) is 1.90. The molecule has 0 bridgehead atoms. The first-order chi connectivity index (χ1) is 9.44. The summed E-state index contributed by atoms with van der Waals surface area (Å²) in [5.74, 6) is -0.149. The standard InChI is InChI=1S/C14H20N2O4/c1-6-12(17)15-10-7-9(19-4)8-11(16(2)3)13(10)14(18)20-5/h7-8H,6H2,1-5H3,(H,15,17). The van der Waals surface area contributed by atoms with Gasteiger partial charge in [0.1, 0.15) is 11.3 Å². The van der Waals surface area contributed by atoms with E-state index >= 15 is 0 Å². The van der Waals surface area contributed by atoms with Crippen molar-refractivity contribution < 1.29 is 19.1 Å². The molecule has 0 atom stereocenters. The molecule has 0 heterocycles.